The van der Waals surface area contributed by atoms with Crippen LogP contribution in [-0.2, 0) is 0 Å². The highest BCUT2D eigenvalue weighted by atomic mass is 32.2. The van der Waals surface area contributed by atoms with Gasteiger partial charge in [-0.1, -0.05) is 123 Å². The first kappa shape index (κ1) is 24.3. The maximum Gasteiger partial charge on any atom is 0.119 e. The van der Waals surface area contributed by atoms with Gasteiger partial charge in [0.1, 0.15) is 16.1 Å². The molecule has 0 heterocycles. The Kier molecular flexibility index (Phi) is 9.60. The van der Waals surface area contributed by atoms with Crippen LogP contribution in [0, 0.1) is 0 Å². The lowest BCUT2D eigenvalue weighted by molar-refractivity contribution is 1.22. The average Bonchev–Trinajstić information content (AvgIpc) is 2.73. The van der Waals surface area contributed by atoms with Gasteiger partial charge in [-0.15, -0.1) is 23.5 Å². The minimum atomic E-state index is -1.63. The molecule has 2 aromatic carbocycles. The van der Waals surface area contributed by atoms with Crippen molar-refractivity contribution in [1.82, 2.24) is 0 Å². The van der Waals surface area contributed by atoms with Crippen molar-refractivity contribution >= 4 is 50.0 Å². The molecule has 0 aliphatic rings. The molecule has 0 unspecified atom stereocenters. The van der Waals surface area contributed by atoms with E-state index in [0.29, 0.717) is 0 Å². The number of hydrogen-bond donors (Lipinski definition) is 0. The predicted octanol–water partition coefficient (Wildman–Crippen LogP) is 7.31. The van der Waals surface area contributed by atoms with Crippen LogP contribution in [0.3, 0.4) is 0 Å². The smallest absolute Gasteiger partial charge is 0.119 e. The van der Waals surface area contributed by atoms with Gasteiger partial charge in [-0.05, 0) is 21.9 Å². The number of hydrogen-bond acceptors (Lipinski definition) is 2. The van der Waals surface area contributed by atoms with Crippen molar-refractivity contribution in [2.45, 2.75) is 52.9 Å². The molecule has 29 heavy (non-hydrogen) atoms. The Labute approximate surface area is 189 Å². The van der Waals surface area contributed by atoms with Gasteiger partial charge < -0.3 is 0 Å². The first-order chi connectivity index (χ1) is 13.8. The number of thioether (sulfide) groups is 2. The van der Waals surface area contributed by atoms with Gasteiger partial charge in [0, 0.05) is 5.08 Å². The highest BCUT2D eigenvalue weighted by Gasteiger charge is 2.31. The van der Waals surface area contributed by atoms with Crippen LogP contribution in [0.4, 0.5) is 0 Å². The molecule has 0 spiro atoms. The van der Waals surface area contributed by atoms with Gasteiger partial charge in [0.15, 0.2) is 0 Å². The molecule has 0 saturated carbocycles. The molecule has 0 aromatic heterocycles. The first-order valence-electron chi connectivity index (χ1n) is 10.6. The Hall–Kier alpha value is -0.946. The quantitative estimate of drug-likeness (QED) is 0.271. The molecule has 0 aliphatic carbocycles. The molecule has 0 aliphatic heterocycles. The van der Waals surface area contributed by atoms with E-state index in [9.17, 15) is 0 Å². The average molecular weight is 457 g/mol. The Balaban J connectivity index is 2.15. The van der Waals surface area contributed by atoms with Crippen LogP contribution >= 0.6 is 23.5 Å². The zero-order valence-electron chi connectivity index (χ0n) is 18.9. The number of allylic oxidation sites excluding steroid dienone is 2. The summed E-state index contributed by atoms with van der Waals surface area (Å²) < 4.78 is 3.24. The van der Waals surface area contributed by atoms with Gasteiger partial charge in [0.25, 0.3) is 0 Å². The van der Waals surface area contributed by atoms with Gasteiger partial charge in [-0.25, -0.2) is 0 Å². The van der Waals surface area contributed by atoms with Gasteiger partial charge in [-0.2, -0.15) is 0 Å². The molecule has 0 radical (unpaired) electrons. The largest absolute Gasteiger partial charge is 0.124 e. The fourth-order valence-electron chi connectivity index (χ4n) is 3.51. The van der Waals surface area contributed by atoms with Gasteiger partial charge in [0.2, 0.25) is 0 Å². The Morgan fingerprint density at radius 2 is 1.00 bits per heavy atom. The fraction of sp³-hybridized carbons (Fsp3) is 0.360. The van der Waals surface area contributed by atoms with Gasteiger partial charge in [-0.3, -0.25) is 0 Å². The van der Waals surface area contributed by atoms with Crippen LogP contribution in [0.25, 0.3) is 0 Å². The van der Waals surface area contributed by atoms with Crippen molar-refractivity contribution < 1.29 is 0 Å². The van der Waals surface area contributed by atoms with E-state index >= 15 is 0 Å². The predicted molar refractivity (Wildman–Crippen MR) is 144 cm³/mol. The normalized spacial score (nSPS) is 13.6. The van der Waals surface area contributed by atoms with E-state index in [0.717, 1.165) is 17.9 Å². The second-order valence-corrected chi connectivity index (χ2v) is 20.2. The lowest BCUT2D eigenvalue weighted by Gasteiger charge is -2.29. The fourth-order valence-corrected chi connectivity index (χ4v) is 14.0. The van der Waals surface area contributed by atoms with Crippen molar-refractivity contribution in [1.29, 1.82) is 0 Å². The summed E-state index contributed by atoms with van der Waals surface area (Å²) in [7, 11) is -3.26. The zero-order chi connectivity index (χ0) is 21.3. The lowest BCUT2D eigenvalue weighted by atomic mass is 10.4. The van der Waals surface area contributed by atoms with Crippen molar-refractivity contribution in [3.63, 3.8) is 0 Å². The molecule has 2 aromatic rings. The topological polar surface area (TPSA) is 0 Å². The summed E-state index contributed by atoms with van der Waals surface area (Å²) in [5.74, 6) is 0. The van der Waals surface area contributed by atoms with E-state index < -0.39 is 16.1 Å². The number of rotatable bonds is 10. The van der Waals surface area contributed by atoms with Crippen LogP contribution in [0.2, 0.25) is 26.2 Å². The molecular weight excluding hydrogens is 421 g/mol. The molecule has 0 amide bonds. The van der Waals surface area contributed by atoms with Crippen molar-refractivity contribution in [3.8, 4) is 0 Å². The van der Waals surface area contributed by atoms with Gasteiger partial charge >= 0.3 is 0 Å². The highest BCUT2D eigenvalue weighted by molar-refractivity contribution is 8.21. The van der Waals surface area contributed by atoms with E-state index in [2.05, 4.69) is 136 Å². The third-order valence-corrected chi connectivity index (χ3v) is 17.7. The molecule has 0 fully saturated rings. The second kappa shape index (κ2) is 11.4. The summed E-state index contributed by atoms with van der Waals surface area (Å²) in [5, 5.41) is 4.16. The third-order valence-electron chi connectivity index (χ3n) is 5.43. The maximum absolute atomic E-state index is 2.49. The van der Waals surface area contributed by atoms with Crippen LogP contribution in [0.15, 0.2) is 81.9 Å². The molecule has 0 N–H and O–H groups in total. The van der Waals surface area contributed by atoms with Crippen molar-refractivity contribution in [3.05, 3.63) is 81.9 Å². The van der Waals surface area contributed by atoms with Crippen LogP contribution in [0.5, 0.6) is 0 Å². The minimum Gasteiger partial charge on any atom is -0.124 e. The van der Waals surface area contributed by atoms with E-state index in [1.807, 2.05) is 0 Å². The highest BCUT2D eigenvalue weighted by Crippen LogP contribution is 2.35. The third kappa shape index (κ3) is 6.52. The van der Waals surface area contributed by atoms with Gasteiger partial charge in [0.05, 0.1) is 0 Å². The molecule has 0 nitrogen and oxygen atoms in total. The maximum atomic E-state index is 2.49. The monoisotopic (exact) mass is 456 g/mol. The summed E-state index contributed by atoms with van der Waals surface area (Å²) in [6.45, 7) is 14.5. The minimum absolute atomic E-state index is 1.10. The molecule has 4 heteroatoms. The summed E-state index contributed by atoms with van der Waals surface area (Å²) in [5.41, 5.74) is 0. The SMILES string of the molecule is CC/C=C(\SCS/C(=C\CC)[Si](C)(C)c1ccccc1)[Si](C)(C)c1ccccc1. The molecule has 0 atom stereocenters. The van der Waals surface area contributed by atoms with E-state index in [-0.39, 0.29) is 0 Å². The number of benzene rings is 2. The molecule has 2 rings (SSSR count). The Morgan fingerprint density at radius 3 is 1.31 bits per heavy atom. The second-order valence-electron chi connectivity index (χ2n) is 8.34. The summed E-state index contributed by atoms with van der Waals surface area (Å²) in [6.07, 6.45) is 7.18. The first-order valence-corrected chi connectivity index (χ1v) is 18.6. The Bertz CT molecular complexity index is 740. The summed E-state index contributed by atoms with van der Waals surface area (Å²) >= 11 is 4.16. The van der Waals surface area contributed by atoms with Crippen LogP contribution < -0.4 is 10.4 Å². The Morgan fingerprint density at radius 1 is 0.655 bits per heavy atom. The zero-order valence-corrected chi connectivity index (χ0v) is 22.5. The standard InChI is InChI=1S/C25H36S2Si2/c1-7-15-24(28(3,4)22-17-11-9-12-18-22)26-21-27-25(16-8-2)29(5,6)23-19-13-10-14-20-23/h9-20H,7-8,21H2,1-6H3/b24-15+,25-16+. The van der Waals surface area contributed by atoms with E-state index in [1.165, 1.54) is 10.4 Å². The molecule has 0 bridgehead atoms. The summed E-state index contributed by atoms with van der Waals surface area (Å²) in [4.78, 5) is 0. The molecular formula is C25H36S2Si2. The van der Waals surface area contributed by atoms with E-state index in [4.69, 9.17) is 0 Å². The van der Waals surface area contributed by atoms with Crippen LogP contribution in [0.1, 0.15) is 26.7 Å². The van der Waals surface area contributed by atoms with Crippen molar-refractivity contribution in [2.24, 2.45) is 0 Å². The van der Waals surface area contributed by atoms with Crippen molar-refractivity contribution in [2.75, 3.05) is 5.08 Å². The molecule has 0 saturated heterocycles. The molecule has 156 valence electrons. The van der Waals surface area contributed by atoms with Crippen LogP contribution in [-0.4, -0.2) is 21.2 Å². The lowest BCUT2D eigenvalue weighted by Crippen LogP contribution is -2.43. The summed E-state index contributed by atoms with van der Waals surface area (Å²) in [6, 6.07) is 22.2. The van der Waals surface area contributed by atoms with E-state index in [1.54, 1.807) is 9.06 Å².